The minimum atomic E-state index is -2.21. The van der Waals surface area contributed by atoms with E-state index in [9.17, 15) is 39.6 Å². The number of nitrogens with one attached hydrogen (secondary N) is 1. The molecule has 15 nitrogen and oxygen atoms in total. The van der Waals surface area contributed by atoms with Crippen LogP contribution in [0.1, 0.15) is 91.2 Å². The molecule has 1 unspecified atom stereocenters. The summed E-state index contributed by atoms with van der Waals surface area (Å²) in [5.41, 5.74) is -6.56. The number of hydrogen-bond acceptors (Lipinski definition) is 14. The highest BCUT2D eigenvalue weighted by atomic mass is 16.7. The first-order valence-electron chi connectivity index (χ1n) is 19.9. The number of carbonyl (C=O) groups excluding carboxylic acids is 4. The Balaban J connectivity index is 1.49. The number of fused-ring (bicyclic) bond motifs is 5. The van der Waals surface area contributed by atoms with Gasteiger partial charge in [-0.05, 0) is 50.8 Å². The number of aliphatic hydroxyl groups is 4. The predicted octanol–water partition coefficient (Wildman–Crippen LogP) is 3.76. The molecule has 1 aliphatic heterocycles. The smallest absolute Gasteiger partial charge is 0.408 e. The molecule has 0 aromatic heterocycles. The number of methoxy groups -OCH3 is 1. The maximum atomic E-state index is 14.2. The fraction of sp³-hybridized carbons (Fsp3) is 0.591. The summed E-state index contributed by atoms with van der Waals surface area (Å²) in [6.45, 7) is 11.0. The largest absolute Gasteiger partial charge is 0.456 e. The average molecular weight is 824 g/mol. The topological polar surface area (TPSA) is 217 Å². The number of rotatable bonds is 11. The van der Waals surface area contributed by atoms with Crippen molar-refractivity contribution in [1.29, 1.82) is 0 Å². The second-order valence-corrected chi connectivity index (χ2v) is 17.8. The highest BCUT2D eigenvalue weighted by Gasteiger charge is 2.76. The van der Waals surface area contributed by atoms with Gasteiger partial charge >= 0.3 is 18.0 Å². The standard InChI is InChI=1S/C44H57NO14/c1-24-29(56-37(51)34(50)33(26-15-11-9-12-16-26)45-39(52)59-40(3,4)5)21-44(53)36(57-38(54-8)27-17-13-10-14-18-27)35-42(22-46,20-28(48)32(24)41(44,6)7)30(49)19-31-43(35,23-55-31)58-25(2)47/h9-18,22,28-31,33-36,38,48-50,53H,19-21,23H2,1-8H3,(H,45,52)/t28-,29-,30-,31+,33-,34+,35-,36-,38?,42+,43-,44+/m0/s1. The van der Waals surface area contributed by atoms with Crippen LogP contribution in [0, 0.1) is 16.7 Å². The average Bonchev–Trinajstić information content (AvgIpc) is 3.16. The van der Waals surface area contributed by atoms with Crippen molar-refractivity contribution in [2.24, 2.45) is 16.7 Å². The number of aliphatic hydroxyl groups excluding tert-OH is 3. The number of esters is 2. The molecule has 3 aliphatic carbocycles. The van der Waals surface area contributed by atoms with Crippen LogP contribution in [0.3, 0.4) is 0 Å². The Morgan fingerprint density at radius 2 is 1.59 bits per heavy atom. The molecule has 0 radical (unpaired) electrons. The van der Waals surface area contributed by atoms with Gasteiger partial charge in [0.2, 0.25) is 0 Å². The van der Waals surface area contributed by atoms with E-state index in [2.05, 4.69) is 5.32 Å². The molecule has 2 aromatic carbocycles. The molecule has 322 valence electrons. The summed E-state index contributed by atoms with van der Waals surface area (Å²) in [6.07, 6.45) is -11.2. The second-order valence-electron chi connectivity index (χ2n) is 17.8. The third-order valence-corrected chi connectivity index (χ3v) is 12.8. The number of ether oxygens (including phenoxy) is 6. The van der Waals surface area contributed by atoms with Crippen molar-refractivity contribution in [2.75, 3.05) is 13.7 Å². The Kier molecular flexibility index (Phi) is 12.3. The number of amides is 1. The summed E-state index contributed by atoms with van der Waals surface area (Å²) in [5.74, 6) is -3.23. The summed E-state index contributed by atoms with van der Waals surface area (Å²) < 4.78 is 36.3. The van der Waals surface area contributed by atoms with Gasteiger partial charge in [0, 0.05) is 43.8 Å². The fourth-order valence-electron chi connectivity index (χ4n) is 10.0. The van der Waals surface area contributed by atoms with E-state index in [4.69, 9.17) is 28.4 Å². The van der Waals surface area contributed by atoms with Crippen LogP contribution in [-0.4, -0.2) is 112 Å². The van der Waals surface area contributed by atoms with E-state index < -0.39 is 113 Å². The van der Waals surface area contributed by atoms with Crippen LogP contribution in [0.15, 0.2) is 71.8 Å². The summed E-state index contributed by atoms with van der Waals surface area (Å²) in [7, 11) is 1.40. The van der Waals surface area contributed by atoms with Crippen LogP contribution < -0.4 is 5.32 Å². The minimum Gasteiger partial charge on any atom is -0.456 e. The van der Waals surface area contributed by atoms with E-state index in [0.29, 0.717) is 23.0 Å². The SMILES string of the molecule is COC(O[C@H]1[C@H]2[C@@](C=O)(C[C@H](O)C3=C(C)[C@@H](OC(=O)[C@H](O)[C@@H](NC(=O)OC(C)(C)C)c4ccccc4)C[C@]1(O)C3(C)C)[C@@H](O)C[C@H]1OC[C@]12OC(C)=O)c1ccccc1. The van der Waals surface area contributed by atoms with Gasteiger partial charge in [-0.2, -0.15) is 0 Å². The molecule has 1 heterocycles. The number of alkyl carbamates (subject to hydrolysis) is 1. The normalized spacial score (nSPS) is 33.9. The first-order chi connectivity index (χ1) is 27.7. The first-order valence-corrected chi connectivity index (χ1v) is 19.9. The van der Waals surface area contributed by atoms with Crippen molar-refractivity contribution >= 4 is 24.3 Å². The summed E-state index contributed by atoms with van der Waals surface area (Å²) in [5, 5.41) is 52.1. The molecule has 6 rings (SSSR count). The van der Waals surface area contributed by atoms with Crippen molar-refractivity contribution < 1.29 is 68.0 Å². The third-order valence-electron chi connectivity index (χ3n) is 12.8. The van der Waals surface area contributed by atoms with Gasteiger partial charge in [-0.15, -0.1) is 0 Å². The Hall–Kier alpha value is -4.22. The number of benzene rings is 2. The molecule has 0 spiro atoms. The van der Waals surface area contributed by atoms with Crippen LogP contribution in [0.4, 0.5) is 4.79 Å². The molecule has 4 aliphatic rings. The van der Waals surface area contributed by atoms with Crippen molar-refractivity contribution in [3.63, 3.8) is 0 Å². The third kappa shape index (κ3) is 7.82. The maximum Gasteiger partial charge on any atom is 0.408 e. The van der Waals surface area contributed by atoms with Gasteiger partial charge in [-0.25, -0.2) is 9.59 Å². The Bertz CT molecular complexity index is 1910. The molecular formula is C44H57NO14. The highest BCUT2D eigenvalue weighted by Crippen LogP contribution is 2.65. The lowest BCUT2D eigenvalue weighted by atomic mass is 9.45. The number of aldehydes is 1. The van der Waals surface area contributed by atoms with Crippen LogP contribution >= 0.6 is 0 Å². The fourth-order valence-corrected chi connectivity index (χ4v) is 10.0. The van der Waals surface area contributed by atoms with Crippen molar-refractivity contribution in [3.8, 4) is 0 Å². The Morgan fingerprint density at radius 1 is 0.983 bits per heavy atom. The van der Waals surface area contributed by atoms with Gasteiger partial charge in [0.05, 0.1) is 36.4 Å². The van der Waals surface area contributed by atoms with Gasteiger partial charge in [-0.3, -0.25) is 4.79 Å². The van der Waals surface area contributed by atoms with Gasteiger partial charge in [0.15, 0.2) is 18.0 Å². The van der Waals surface area contributed by atoms with Crippen molar-refractivity contribution in [3.05, 3.63) is 82.9 Å². The van der Waals surface area contributed by atoms with Gasteiger partial charge < -0.3 is 59.0 Å². The predicted molar refractivity (Wildman–Crippen MR) is 209 cm³/mol. The van der Waals surface area contributed by atoms with Crippen molar-refractivity contribution in [2.45, 2.75) is 133 Å². The molecule has 1 amide bonds. The van der Waals surface area contributed by atoms with E-state index in [0.717, 1.165) is 0 Å². The summed E-state index contributed by atoms with van der Waals surface area (Å²) >= 11 is 0. The molecule has 12 atom stereocenters. The van der Waals surface area contributed by atoms with E-state index >= 15 is 0 Å². The Labute approximate surface area is 344 Å². The monoisotopic (exact) mass is 823 g/mol. The van der Waals surface area contributed by atoms with Crippen LogP contribution in [0.25, 0.3) is 0 Å². The van der Waals surface area contributed by atoms with Crippen LogP contribution in [0.5, 0.6) is 0 Å². The molecule has 5 N–H and O–H groups in total. The van der Waals surface area contributed by atoms with Gasteiger partial charge in [0.25, 0.3) is 0 Å². The van der Waals surface area contributed by atoms with E-state index in [1.807, 2.05) is 0 Å². The lowest BCUT2D eigenvalue weighted by molar-refractivity contribution is -0.365. The lowest BCUT2D eigenvalue weighted by Crippen LogP contribution is -2.81. The number of carbonyl (C=O) groups is 4. The molecular weight excluding hydrogens is 766 g/mol. The van der Waals surface area contributed by atoms with E-state index in [-0.39, 0.29) is 18.6 Å². The van der Waals surface area contributed by atoms with E-state index in [1.165, 1.54) is 14.0 Å². The molecule has 2 bridgehead atoms. The van der Waals surface area contributed by atoms with Crippen molar-refractivity contribution in [1.82, 2.24) is 5.32 Å². The molecule has 59 heavy (non-hydrogen) atoms. The maximum absolute atomic E-state index is 14.2. The Morgan fingerprint density at radius 3 is 2.12 bits per heavy atom. The van der Waals surface area contributed by atoms with Crippen LogP contribution in [-0.2, 0) is 42.8 Å². The van der Waals surface area contributed by atoms with Gasteiger partial charge in [0.1, 0.15) is 29.7 Å². The highest BCUT2D eigenvalue weighted by molar-refractivity contribution is 5.78. The van der Waals surface area contributed by atoms with E-state index in [1.54, 1.807) is 102 Å². The lowest BCUT2D eigenvalue weighted by Gasteiger charge is -2.68. The number of hydrogen-bond donors (Lipinski definition) is 5. The van der Waals surface area contributed by atoms with Gasteiger partial charge in [-0.1, -0.05) is 74.5 Å². The summed E-state index contributed by atoms with van der Waals surface area (Å²) in [6, 6.07) is 15.8. The zero-order chi connectivity index (χ0) is 43.3. The second kappa shape index (κ2) is 16.3. The zero-order valence-corrected chi connectivity index (χ0v) is 34.7. The molecule has 15 heteroatoms. The molecule has 1 saturated heterocycles. The molecule has 3 fully saturated rings. The summed E-state index contributed by atoms with van der Waals surface area (Å²) in [4.78, 5) is 53.8. The minimum absolute atomic E-state index is 0.119. The van der Waals surface area contributed by atoms with Crippen LogP contribution in [0.2, 0.25) is 0 Å². The molecule has 2 aromatic rings. The first kappa shape index (κ1) is 44.3. The zero-order valence-electron chi connectivity index (χ0n) is 34.7. The molecule has 2 saturated carbocycles. The quantitative estimate of drug-likeness (QED) is 0.0718.